The van der Waals surface area contributed by atoms with Crippen LogP contribution >= 0.6 is 0 Å². The van der Waals surface area contributed by atoms with E-state index in [4.69, 9.17) is 0 Å². The second-order valence-corrected chi connectivity index (χ2v) is 4.82. The quantitative estimate of drug-likeness (QED) is 0.628. The Kier molecular flexibility index (Phi) is 1.90. The van der Waals surface area contributed by atoms with E-state index < -0.39 is 0 Å². The molecule has 2 aliphatic rings. The molecule has 74 valence electrons. The fourth-order valence-corrected chi connectivity index (χ4v) is 3.20. The van der Waals surface area contributed by atoms with E-state index in [1.54, 1.807) is 22.3 Å². The third kappa shape index (κ3) is 1.13. The third-order valence-corrected chi connectivity index (χ3v) is 4.05. The molecular weight excluding hydrogens is 168 g/mol. The topological polar surface area (TPSA) is 0 Å². The zero-order chi connectivity index (χ0) is 9.54. The van der Waals surface area contributed by atoms with Crippen LogP contribution in [0.5, 0.6) is 0 Å². The Hall–Kier alpha value is -0.780. The molecule has 0 radical (unpaired) electrons. The van der Waals surface area contributed by atoms with Crippen molar-refractivity contribution in [1.82, 2.24) is 0 Å². The van der Waals surface area contributed by atoms with Gasteiger partial charge in [0.25, 0.3) is 0 Å². The minimum atomic E-state index is 0.871. The lowest BCUT2D eigenvalue weighted by atomic mass is 9.95. The van der Waals surface area contributed by atoms with Crippen LogP contribution in [0.25, 0.3) is 0 Å². The summed E-state index contributed by atoms with van der Waals surface area (Å²) in [6.45, 7) is 2.33. The van der Waals surface area contributed by atoms with Crippen LogP contribution in [0.3, 0.4) is 0 Å². The second kappa shape index (κ2) is 3.12. The molecule has 0 heteroatoms. The smallest absolute Gasteiger partial charge is 0.0159 e. The Balaban J connectivity index is 2.09. The molecule has 14 heavy (non-hydrogen) atoms. The SMILES string of the molecule is CC[C@@H]1CCc2cc3c(cc21)CCC3. The number of aryl methyl sites for hydroxylation is 3. The van der Waals surface area contributed by atoms with Gasteiger partial charge in [-0.2, -0.15) is 0 Å². The number of hydrogen-bond acceptors (Lipinski definition) is 0. The maximum absolute atomic E-state index is 2.53. The van der Waals surface area contributed by atoms with Crippen molar-refractivity contribution in [3.63, 3.8) is 0 Å². The van der Waals surface area contributed by atoms with Crippen LogP contribution in [0.2, 0.25) is 0 Å². The average Bonchev–Trinajstić information content (AvgIpc) is 2.78. The van der Waals surface area contributed by atoms with Gasteiger partial charge < -0.3 is 0 Å². The van der Waals surface area contributed by atoms with Crippen LogP contribution in [-0.4, -0.2) is 0 Å². The summed E-state index contributed by atoms with van der Waals surface area (Å²) in [5.74, 6) is 0.871. The van der Waals surface area contributed by atoms with Crippen molar-refractivity contribution in [2.45, 2.75) is 51.4 Å². The Morgan fingerprint density at radius 1 is 1.07 bits per heavy atom. The van der Waals surface area contributed by atoms with E-state index in [9.17, 15) is 0 Å². The average molecular weight is 186 g/mol. The van der Waals surface area contributed by atoms with Crippen LogP contribution in [-0.2, 0) is 19.3 Å². The van der Waals surface area contributed by atoms with Crippen molar-refractivity contribution >= 4 is 0 Å². The van der Waals surface area contributed by atoms with E-state index in [0.717, 1.165) is 5.92 Å². The van der Waals surface area contributed by atoms with E-state index in [0.29, 0.717) is 0 Å². The standard InChI is InChI=1S/C14H18/c1-2-10-6-7-13-8-11-4-3-5-12(11)9-14(10)13/h8-10H,2-7H2,1H3/t10-/m1/s1. The predicted octanol–water partition coefficient (Wildman–Crippen LogP) is 3.62. The highest BCUT2D eigenvalue weighted by Gasteiger charge is 2.23. The molecule has 2 aliphatic carbocycles. The molecule has 0 spiro atoms. The van der Waals surface area contributed by atoms with Gasteiger partial charge >= 0.3 is 0 Å². The molecule has 0 nitrogen and oxygen atoms in total. The van der Waals surface area contributed by atoms with E-state index in [1.807, 2.05) is 0 Å². The van der Waals surface area contributed by atoms with Gasteiger partial charge in [-0.05, 0) is 66.7 Å². The molecule has 0 bridgehead atoms. The summed E-state index contributed by atoms with van der Waals surface area (Å²) in [5, 5.41) is 0. The number of benzene rings is 1. The molecule has 0 aliphatic heterocycles. The van der Waals surface area contributed by atoms with E-state index in [-0.39, 0.29) is 0 Å². The van der Waals surface area contributed by atoms with Crippen molar-refractivity contribution < 1.29 is 0 Å². The van der Waals surface area contributed by atoms with E-state index in [1.165, 1.54) is 38.5 Å². The summed E-state index contributed by atoms with van der Waals surface area (Å²) in [4.78, 5) is 0. The molecule has 1 aromatic rings. The Bertz CT molecular complexity index is 363. The van der Waals surface area contributed by atoms with Gasteiger partial charge in [0, 0.05) is 0 Å². The Morgan fingerprint density at radius 2 is 1.86 bits per heavy atom. The summed E-state index contributed by atoms with van der Waals surface area (Å²) in [6, 6.07) is 5.03. The molecule has 0 saturated heterocycles. The minimum Gasteiger partial charge on any atom is -0.0648 e. The highest BCUT2D eigenvalue weighted by molar-refractivity contribution is 5.44. The molecule has 0 aromatic heterocycles. The molecule has 1 atom stereocenters. The molecule has 0 N–H and O–H groups in total. The largest absolute Gasteiger partial charge is 0.0648 e. The van der Waals surface area contributed by atoms with Gasteiger partial charge in [-0.3, -0.25) is 0 Å². The molecule has 1 aromatic carbocycles. The fraction of sp³-hybridized carbons (Fsp3) is 0.571. The second-order valence-electron chi connectivity index (χ2n) is 4.82. The van der Waals surface area contributed by atoms with Crippen LogP contribution in [0, 0.1) is 0 Å². The molecule has 0 unspecified atom stereocenters. The number of hydrogen-bond donors (Lipinski definition) is 0. The lowest BCUT2D eigenvalue weighted by Crippen LogP contribution is -1.93. The summed E-state index contributed by atoms with van der Waals surface area (Å²) in [7, 11) is 0. The first-order chi connectivity index (χ1) is 6.88. The first kappa shape index (κ1) is 8.52. The predicted molar refractivity (Wildman–Crippen MR) is 59.8 cm³/mol. The van der Waals surface area contributed by atoms with Crippen molar-refractivity contribution in [2.75, 3.05) is 0 Å². The first-order valence-electron chi connectivity index (χ1n) is 6.03. The van der Waals surface area contributed by atoms with Crippen LogP contribution in [0.15, 0.2) is 12.1 Å². The van der Waals surface area contributed by atoms with Gasteiger partial charge in [-0.25, -0.2) is 0 Å². The molecule has 0 saturated carbocycles. The lowest BCUT2D eigenvalue weighted by molar-refractivity contribution is 0.655. The fourth-order valence-electron chi connectivity index (χ4n) is 3.20. The summed E-state index contributed by atoms with van der Waals surface area (Å²) in [6.07, 6.45) is 8.11. The van der Waals surface area contributed by atoms with Crippen LogP contribution < -0.4 is 0 Å². The van der Waals surface area contributed by atoms with Crippen molar-refractivity contribution in [2.24, 2.45) is 0 Å². The normalized spacial score (nSPS) is 23.6. The minimum absolute atomic E-state index is 0.871. The monoisotopic (exact) mass is 186 g/mol. The lowest BCUT2D eigenvalue weighted by Gasteiger charge is -2.10. The van der Waals surface area contributed by atoms with Gasteiger partial charge in [0.1, 0.15) is 0 Å². The van der Waals surface area contributed by atoms with E-state index in [2.05, 4.69) is 19.1 Å². The molecule has 3 rings (SSSR count). The van der Waals surface area contributed by atoms with E-state index >= 15 is 0 Å². The maximum atomic E-state index is 2.53. The van der Waals surface area contributed by atoms with Crippen molar-refractivity contribution in [3.8, 4) is 0 Å². The van der Waals surface area contributed by atoms with Gasteiger partial charge in [0.2, 0.25) is 0 Å². The Morgan fingerprint density at radius 3 is 2.64 bits per heavy atom. The summed E-state index contributed by atoms with van der Waals surface area (Å²) >= 11 is 0. The summed E-state index contributed by atoms with van der Waals surface area (Å²) in [5.41, 5.74) is 6.66. The van der Waals surface area contributed by atoms with Gasteiger partial charge in [-0.1, -0.05) is 19.1 Å². The highest BCUT2D eigenvalue weighted by Crippen LogP contribution is 2.38. The van der Waals surface area contributed by atoms with Crippen LogP contribution in [0.4, 0.5) is 0 Å². The molecule has 0 amide bonds. The van der Waals surface area contributed by atoms with Crippen LogP contribution in [0.1, 0.15) is 54.4 Å². The third-order valence-electron chi connectivity index (χ3n) is 4.05. The molecular formula is C14H18. The highest BCUT2D eigenvalue weighted by atomic mass is 14.3. The van der Waals surface area contributed by atoms with Gasteiger partial charge in [-0.15, -0.1) is 0 Å². The van der Waals surface area contributed by atoms with Crippen molar-refractivity contribution in [3.05, 3.63) is 34.4 Å². The first-order valence-corrected chi connectivity index (χ1v) is 6.03. The van der Waals surface area contributed by atoms with Gasteiger partial charge in [0.05, 0.1) is 0 Å². The van der Waals surface area contributed by atoms with Crippen molar-refractivity contribution in [1.29, 1.82) is 0 Å². The van der Waals surface area contributed by atoms with Gasteiger partial charge in [0.15, 0.2) is 0 Å². The summed E-state index contributed by atoms with van der Waals surface area (Å²) < 4.78 is 0. The maximum Gasteiger partial charge on any atom is -0.0159 e. The zero-order valence-corrected chi connectivity index (χ0v) is 8.97. The molecule has 0 heterocycles. The number of rotatable bonds is 1. The number of fused-ring (bicyclic) bond motifs is 2. The zero-order valence-electron chi connectivity index (χ0n) is 8.97. The molecule has 0 fully saturated rings. The Labute approximate surface area is 86.3 Å².